The Bertz CT molecular complexity index is 1110. The molecule has 1 aliphatic heterocycles. The third-order valence-electron chi connectivity index (χ3n) is 4.41. The van der Waals surface area contributed by atoms with Crippen LogP contribution in [0.15, 0.2) is 41.3 Å². The molecule has 0 bridgehead atoms. The number of hydrogen-bond acceptors (Lipinski definition) is 6. The van der Waals surface area contributed by atoms with Crippen LogP contribution in [0.5, 0.6) is 11.5 Å². The average Bonchev–Trinajstić information content (AvgIpc) is 3.03. The number of carbonyl (C=O) groups is 3. The molecule has 0 aromatic heterocycles. The van der Waals surface area contributed by atoms with E-state index >= 15 is 0 Å². The highest BCUT2D eigenvalue weighted by atomic mass is 35.5. The van der Waals surface area contributed by atoms with Gasteiger partial charge in [-0.15, -0.1) is 0 Å². The highest BCUT2D eigenvalue weighted by molar-refractivity contribution is 8.18. The lowest BCUT2D eigenvalue weighted by molar-refractivity contribution is -0.127. The number of carbonyl (C=O) groups excluding carboxylic acids is 3. The standard InChI is InChI=1S/C23H22ClFN2O5S/c1-3-9-32-18-8-5-14(10-19(18)31-4-2)11-20-22(29)27(23(30)33-20)13-21(28)26-15-6-7-17(25)16(24)12-15/h5-8,10-12H,3-4,9,13H2,1-2H3,(H,26,28)/b20-11-. The molecule has 7 nitrogen and oxygen atoms in total. The summed E-state index contributed by atoms with van der Waals surface area (Å²) in [6.07, 6.45) is 2.41. The Labute approximate surface area is 199 Å². The van der Waals surface area contributed by atoms with E-state index < -0.39 is 29.4 Å². The van der Waals surface area contributed by atoms with E-state index in [1.165, 1.54) is 12.1 Å². The van der Waals surface area contributed by atoms with Crippen molar-refractivity contribution in [3.63, 3.8) is 0 Å². The summed E-state index contributed by atoms with van der Waals surface area (Å²) in [4.78, 5) is 38.4. The van der Waals surface area contributed by atoms with E-state index in [0.29, 0.717) is 30.3 Å². The average molecular weight is 493 g/mol. The van der Waals surface area contributed by atoms with Crippen molar-refractivity contribution in [3.8, 4) is 11.5 Å². The molecule has 174 valence electrons. The van der Waals surface area contributed by atoms with Gasteiger partial charge in [0.2, 0.25) is 5.91 Å². The summed E-state index contributed by atoms with van der Waals surface area (Å²) in [5.41, 5.74) is 0.904. The molecule has 1 heterocycles. The van der Waals surface area contributed by atoms with E-state index in [9.17, 15) is 18.8 Å². The molecule has 0 radical (unpaired) electrons. The van der Waals surface area contributed by atoms with Crippen molar-refractivity contribution in [2.24, 2.45) is 0 Å². The van der Waals surface area contributed by atoms with Gasteiger partial charge in [-0.05, 0) is 67.1 Å². The van der Waals surface area contributed by atoms with Crippen molar-refractivity contribution >= 4 is 52.2 Å². The summed E-state index contributed by atoms with van der Waals surface area (Å²) >= 11 is 6.45. The fourth-order valence-corrected chi connectivity index (χ4v) is 3.94. The number of ether oxygens (including phenoxy) is 2. The van der Waals surface area contributed by atoms with Crippen LogP contribution in [-0.4, -0.2) is 41.7 Å². The van der Waals surface area contributed by atoms with Gasteiger partial charge in [0.05, 0.1) is 23.1 Å². The maximum Gasteiger partial charge on any atom is 0.294 e. The first-order chi connectivity index (χ1) is 15.8. The normalized spacial score (nSPS) is 14.7. The minimum Gasteiger partial charge on any atom is -0.490 e. The molecule has 2 aromatic carbocycles. The van der Waals surface area contributed by atoms with E-state index in [4.69, 9.17) is 21.1 Å². The molecule has 1 N–H and O–H groups in total. The summed E-state index contributed by atoms with van der Waals surface area (Å²) < 4.78 is 24.6. The molecule has 0 saturated carbocycles. The molecule has 33 heavy (non-hydrogen) atoms. The fourth-order valence-electron chi connectivity index (χ4n) is 2.92. The van der Waals surface area contributed by atoms with Gasteiger partial charge >= 0.3 is 0 Å². The zero-order valence-electron chi connectivity index (χ0n) is 18.0. The van der Waals surface area contributed by atoms with Crippen LogP contribution in [0.4, 0.5) is 14.9 Å². The van der Waals surface area contributed by atoms with Gasteiger partial charge in [-0.3, -0.25) is 19.3 Å². The van der Waals surface area contributed by atoms with Gasteiger partial charge in [0.25, 0.3) is 11.1 Å². The van der Waals surface area contributed by atoms with Crippen LogP contribution in [0.3, 0.4) is 0 Å². The molecular formula is C23H22ClFN2O5S. The summed E-state index contributed by atoms with van der Waals surface area (Å²) in [6.45, 7) is 4.36. The summed E-state index contributed by atoms with van der Waals surface area (Å²) in [5, 5.41) is 1.77. The predicted molar refractivity (Wildman–Crippen MR) is 126 cm³/mol. The van der Waals surface area contributed by atoms with Crippen molar-refractivity contribution in [1.29, 1.82) is 0 Å². The molecule has 0 unspecified atom stereocenters. The van der Waals surface area contributed by atoms with E-state index in [2.05, 4.69) is 5.32 Å². The topological polar surface area (TPSA) is 84.9 Å². The number of hydrogen-bond donors (Lipinski definition) is 1. The van der Waals surface area contributed by atoms with E-state index in [0.717, 1.165) is 29.1 Å². The lowest BCUT2D eigenvalue weighted by atomic mass is 10.2. The van der Waals surface area contributed by atoms with Crippen LogP contribution in [0.2, 0.25) is 5.02 Å². The molecule has 0 aliphatic carbocycles. The van der Waals surface area contributed by atoms with E-state index in [-0.39, 0.29) is 15.6 Å². The second-order valence-corrected chi connectivity index (χ2v) is 8.33. The van der Waals surface area contributed by atoms with Gasteiger partial charge in [0, 0.05) is 5.69 Å². The van der Waals surface area contributed by atoms with Gasteiger partial charge in [-0.1, -0.05) is 24.6 Å². The minimum absolute atomic E-state index is 0.153. The third-order valence-corrected chi connectivity index (χ3v) is 5.60. The molecule has 0 atom stereocenters. The van der Waals surface area contributed by atoms with Gasteiger partial charge in [-0.2, -0.15) is 0 Å². The number of nitrogens with one attached hydrogen (secondary N) is 1. The second kappa shape index (κ2) is 11.2. The highest BCUT2D eigenvalue weighted by Crippen LogP contribution is 2.34. The first-order valence-corrected chi connectivity index (χ1v) is 11.4. The SMILES string of the molecule is CCCOc1ccc(/C=C2\SC(=O)N(CC(=O)Nc3ccc(F)c(Cl)c3)C2=O)cc1OCC. The molecule has 1 aliphatic rings. The maximum absolute atomic E-state index is 13.3. The number of thioether (sulfide) groups is 1. The number of nitrogens with zero attached hydrogens (tertiary/aromatic N) is 1. The molecular weight excluding hydrogens is 471 g/mol. The van der Waals surface area contributed by atoms with Gasteiger partial charge in [0.1, 0.15) is 12.4 Å². The number of imide groups is 1. The Kier molecular flexibility index (Phi) is 8.35. The van der Waals surface area contributed by atoms with Crippen LogP contribution < -0.4 is 14.8 Å². The Balaban J connectivity index is 1.71. The van der Waals surface area contributed by atoms with Gasteiger partial charge < -0.3 is 14.8 Å². The fraction of sp³-hybridized carbons (Fsp3) is 0.261. The summed E-state index contributed by atoms with van der Waals surface area (Å²) in [6, 6.07) is 8.91. The van der Waals surface area contributed by atoms with E-state index in [1.807, 2.05) is 13.8 Å². The Morgan fingerprint density at radius 1 is 1.15 bits per heavy atom. The molecule has 1 fully saturated rings. The minimum atomic E-state index is -0.622. The first-order valence-electron chi connectivity index (χ1n) is 10.2. The van der Waals surface area contributed by atoms with Gasteiger partial charge in [0.15, 0.2) is 11.5 Å². The predicted octanol–water partition coefficient (Wildman–Crippen LogP) is 5.34. The highest BCUT2D eigenvalue weighted by Gasteiger charge is 2.36. The van der Waals surface area contributed by atoms with Crippen molar-refractivity contribution in [1.82, 2.24) is 4.90 Å². The van der Waals surface area contributed by atoms with Gasteiger partial charge in [-0.25, -0.2) is 4.39 Å². The Hall–Kier alpha value is -3.04. The number of halogens is 2. The van der Waals surface area contributed by atoms with Crippen molar-refractivity contribution in [2.75, 3.05) is 25.1 Å². The molecule has 2 aromatic rings. The van der Waals surface area contributed by atoms with Crippen molar-refractivity contribution in [2.45, 2.75) is 20.3 Å². The van der Waals surface area contributed by atoms with Crippen molar-refractivity contribution < 1.29 is 28.2 Å². The Morgan fingerprint density at radius 2 is 1.94 bits per heavy atom. The lowest BCUT2D eigenvalue weighted by Crippen LogP contribution is -2.36. The van der Waals surface area contributed by atoms with Crippen LogP contribution in [0, 0.1) is 5.82 Å². The first kappa shape index (κ1) is 24.6. The molecule has 3 rings (SSSR count). The number of amides is 3. The molecule has 10 heteroatoms. The zero-order chi connectivity index (χ0) is 24.0. The molecule has 3 amide bonds. The largest absolute Gasteiger partial charge is 0.490 e. The number of rotatable bonds is 9. The molecule has 0 spiro atoms. The van der Waals surface area contributed by atoms with Crippen LogP contribution in [0.25, 0.3) is 6.08 Å². The quantitative estimate of drug-likeness (QED) is 0.475. The van der Waals surface area contributed by atoms with Crippen LogP contribution in [-0.2, 0) is 9.59 Å². The summed E-state index contributed by atoms with van der Waals surface area (Å²) in [7, 11) is 0. The van der Waals surface area contributed by atoms with Crippen LogP contribution in [0.1, 0.15) is 25.8 Å². The van der Waals surface area contributed by atoms with Crippen LogP contribution >= 0.6 is 23.4 Å². The third kappa shape index (κ3) is 6.27. The number of anilines is 1. The monoisotopic (exact) mass is 492 g/mol. The second-order valence-electron chi connectivity index (χ2n) is 6.93. The maximum atomic E-state index is 13.3. The lowest BCUT2D eigenvalue weighted by Gasteiger charge is -2.13. The van der Waals surface area contributed by atoms with E-state index in [1.54, 1.807) is 24.3 Å². The molecule has 1 saturated heterocycles. The van der Waals surface area contributed by atoms with Crippen molar-refractivity contribution in [3.05, 3.63) is 57.7 Å². The number of benzene rings is 2. The Morgan fingerprint density at radius 3 is 2.64 bits per heavy atom. The smallest absolute Gasteiger partial charge is 0.294 e. The zero-order valence-corrected chi connectivity index (χ0v) is 19.6. The summed E-state index contributed by atoms with van der Waals surface area (Å²) in [5.74, 6) is -0.681.